The Labute approximate surface area is 162 Å². The maximum absolute atomic E-state index is 12.4. The highest BCUT2D eigenvalue weighted by molar-refractivity contribution is 5.95. The molecule has 0 bridgehead atoms. The van der Waals surface area contributed by atoms with E-state index < -0.39 is 0 Å². The summed E-state index contributed by atoms with van der Waals surface area (Å²) < 4.78 is 0. The molecule has 1 aromatic heterocycles. The third-order valence-corrected chi connectivity index (χ3v) is 5.05. The van der Waals surface area contributed by atoms with Gasteiger partial charge in [-0.3, -0.25) is 4.79 Å². The highest BCUT2D eigenvalue weighted by Crippen LogP contribution is 2.23. The molecule has 1 amide bonds. The monoisotopic (exact) mass is 366 g/mol. The molecule has 1 aromatic carbocycles. The van der Waals surface area contributed by atoms with Gasteiger partial charge in [-0.15, -0.1) is 0 Å². The van der Waals surface area contributed by atoms with Crippen LogP contribution in [-0.2, 0) is 0 Å². The highest BCUT2D eigenvalue weighted by atomic mass is 16.1. The lowest BCUT2D eigenvalue weighted by Crippen LogP contribution is -2.25. The zero-order chi connectivity index (χ0) is 19.1. The number of hydrogen-bond acceptors (Lipinski definition) is 4. The SMILES string of the molecule is CC(C)CCNC(=O)c1cccc(-c2cc(NC3CCCCC3)ncn2)c1. The van der Waals surface area contributed by atoms with Gasteiger partial charge in [0.05, 0.1) is 5.69 Å². The number of anilines is 1. The van der Waals surface area contributed by atoms with E-state index in [1.807, 2.05) is 30.3 Å². The molecule has 0 unspecified atom stereocenters. The van der Waals surface area contributed by atoms with Crippen LogP contribution < -0.4 is 10.6 Å². The van der Waals surface area contributed by atoms with E-state index in [0.29, 0.717) is 24.1 Å². The second-order valence-corrected chi connectivity index (χ2v) is 7.79. The fourth-order valence-corrected chi connectivity index (χ4v) is 3.45. The molecular formula is C22H30N4O. The Morgan fingerprint density at radius 3 is 2.74 bits per heavy atom. The van der Waals surface area contributed by atoms with Crippen LogP contribution in [0.15, 0.2) is 36.7 Å². The molecule has 1 aliphatic carbocycles. The van der Waals surface area contributed by atoms with Crippen molar-refractivity contribution in [3.63, 3.8) is 0 Å². The molecule has 0 aliphatic heterocycles. The summed E-state index contributed by atoms with van der Waals surface area (Å²) in [5.41, 5.74) is 2.43. The minimum Gasteiger partial charge on any atom is -0.367 e. The lowest BCUT2D eigenvalue weighted by Gasteiger charge is -2.23. The normalized spacial score (nSPS) is 14.9. The average molecular weight is 367 g/mol. The van der Waals surface area contributed by atoms with E-state index in [2.05, 4.69) is 34.4 Å². The lowest BCUT2D eigenvalue weighted by atomic mass is 9.95. The zero-order valence-corrected chi connectivity index (χ0v) is 16.4. The quantitative estimate of drug-likeness (QED) is 0.747. The summed E-state index contributed by atoms with van der Waals surface area (Å²) in [4.78, 5) is 21.2. The second-order valence-electron chi connectivity index (χ2n) is 7.79. The fraction of sp³-hybridized carbons (Fsp3) is 0.500. The smallest absolute Gasteiger partial charge is 0.251 e. The number of amides is 1. The summed E-state index contributed by atoms with van der Waals surface area (Å²) in [7, 11) is 0. The first-order valence-electron chi connectivity index (χ1n) is 10.1. The number of nitrogens with one attached hydrogen (secondary N) is 2. The van der Waals surface area contributed by atoms with Gasteiger partial charge in [0.25, 0.3) is 5.91 Å². The number of aromatic nitrogens is 2. The highest BCUT2D eigenvalue weighted by Gasteiger charge is 2.14. The first-order chi connectivity index (χ1) is 13.1. The fourth-order valence-electron chi connectivity index (χ4n) is 3.45. The molecule has 5 heteroatoms. The summed E-state index contributed by atoms with van der Waals surface area (Å²) in [5, 5.41) is 6.53. The number of carbonyl (C=O) groups is 1. The molecule has 144 valence electrons. The molecule has 1 aliphatic rings. The van der Waals surface area contributed by atoms with Crippen LogP contribution >= 0.6 is 0 Å². The van der Waals surface area contributed by atoms with E-state index in [1.165, 1.54) is 32.1 Å². The van der Waals surface area contributed by atoms with Crippen LogP contribution in [-0.4, -0.2) is 28.5 Å². The van der Waals surface area contributed by atoms with Crippen LogP contribution in [0.2, 0.25) is 0 Å². The number of nitrogens with zero attached hydrogens (tertiary/aromatic N) is 2. The molecular weight excluding hydrogens is 336 g/mol. The van der Waals surface area contributed by atoms with E-state index in [-0.39, 0.29) is 5.91 Å². The van der Waals surface area contributed by atoms with Gasteiger partial charge in [0.15, 0.2) is 0 Å². The van der Waals surface area contributed by atoms with Crippen LogP contribution in [0.1, 0.15) is 62.7 Å². The van der Waals surface area contributed by atoms with Gasteiger partial charge < -0.3 is 10.6 Å². The molecule has 1 fully saturated rings. The molecule has 1 saturated carbocycles. The van der Waals surface area contributed by atoms with E-state index in [1.54, 1.807) is 6.33 Å². The molecule has 1 heterocycles. The van der Waals surface area contributed by atoms with Gasteiger partial charge in [0.2, 0.25) is 0 Å². The molecule has 2 aromatic rings. The van der Waals surface area contributed by atoms with Crippen molar-refractivity contribution in [3.05, 3.63) is 42.2 Å². The summed E-state index contributed by atoms with van der Waals surface area (Å²) in [6.07, 6.45) is 8.87. The van der Waals surface area contributed by atoms with Gasteiger partial charge in [-0.1, -0.05) is 45.2 Å². The summed E-state index contributed by atoms with van der Waals surface area (Å²) in [6, 6.07) is 10.1. The predicted octanol–water partition coefficient (Wildman–Crippen LogP) is 4.66. The maximum atomic E-state index is 12.4. The maximum Gasteiger partial charge on any atom is 0.251 e. The average Bonchev–Trinajstić information content (AvgIpc) is 2.69. The Morgan fingerprint density at radius 1 is 1.15 bits per heavy atom. The third-order valence-electron chi connectivity index (χ3n) is 5.05. The number of carbonyl (C=O) groups excluding carboxylic acids is 1. The van der Waals surface area contributed by atoms with Crippen molar-refractivity contribution in [2.24, 2.45) is 5.92 Å². The molecule has 0 saturated heterocycles. The van der Waals surface area contributed by atoms with Crippen molar-refractivity contribution in [2.75, 3.05) is 11.9 Å². The lowest BCUT2D eigenvalue weighted by molar-refractivity contribution is 0.0952. The topological polar surface area (TPSA) is 66.9 Å². The van der Waals surface area contributed by atoms with E-state index in [0.717, 1.165) is 23.5 Å². The minimum absolute atomic E-state index is 0.0351. The van der Waals surface area contributed by atoms with E-state index >= 15 is 0 Å². The number of rotatable bonds is 7. The van der Waals surface area contributed by atoms with Crippen LogP contribution in [0, 0.1) is 5.92 Å². The Bertz CT molecular complexity index is 753. The minimum atomic E-state index is -0.0351. The predicted molar refractivity (Wildman–Crippen MR) is 110 cm³/mol. The van der Waals surface area contributed by atoms with E-state index in [9.17, 15) is 4.79 Å². The Morgan fingerprint density at radius 2 is 1.96 bits per heavy atom. The summed E-state index contributed by atoms with van der Waals surface area (Å²) >= 11 is 0. The zero-order valence-electron chi connectivity index (χ0n) is 16.4. The second kappa shape index (κ2) is 9.49. The Balaban J connectivity index is 1.68. The molecule has 5 nitrogen and oxygen atoms in total. The number of benzene rings is 1. The van der Waals surface area contributed by atoms with Gasteiger partial charge in [-0.05, 0) is 37.3 Å². The Kier molecular flexibility index (Phi) is 6.80. The molecule has 2 N–H and O–H groups in total. The summed E-state index contributed by atoms with van der Waals surface area (Å²) in [5.74, 6) is 1.40. The molecule has 0 spiro atoms. The molecule has 0 radical (unpaired) electrons. The third kappa shape index (κ3) is 5.78. The van der Waals surface area contributed by atoms with Crippen LogP contribution in [0.4, 0.5) is 5.82 Å². The van der Waals surface area contributed by atoms with Crippen molar-refractivity contribution < 1.29 is 4.79 Å². The summed E-state index contributed by atoms with van der Waals surface area (Å²) in [6.45, 7) is 5.01. The van der Waals surface area contributed by atoms with Gasteiger partial charge in [-0.2, -0.15) is 0 Å². The van der Waals surface area contributed by atoms with Gasteiger partial charge in [-0.25, -0.2) is 9.97 Å². The number of hydrogen-bond donors (Lipinski definition) is 2. The van der Waals surface area contributed by atoms with Gasteiger partial charge in [0.1, 0.15) is 12.1 Å². The van der Waals surface area contributed by atoms with Crippen molar-refractivity contribution in [2.45, 2.75) is 58.4 Å². The van der Waals surface area contributed by atoms with Crippen molar-refractivity contribution in [1.82, 2.24) is 15.3 Å². The standard InChI is InChI=1S/C22H30N4O/c1-16(2)11-12-23-22(27)18-8-6-7-17(13-18)20-14-21(25-15-24-20)26-19-9-4-3-5-10-19/h6-8,13-16,19H,3-5,9-12H2,1-2H3,(H,23,27)(H,24,25,26). The van der Waals surface area contributed by atoms with E-state index in [4.69, 9.17) is 0 Å². The first-order valence-corrected chi connectivity index (χ1v) is 10.1. The van der Waals surface area contributed by atoms with Gasteiger partial charge in [0, 0.05) is 29.8 Å². The van der Waals surface area contributed by atoms with Crippen LogP contribution in [0.25, 0.3) is 11.3 Å². The molecule has 27 heavy (non-hydrogen) atoms. The van der Waals surface area contributed by atoms with Crippen LogP contribution in [0.5, 0.6) is 0 Å². The molecule has 0 atom stereocenters. The van der Waals surface area contributed by atoms with Crippen LogP contribution in [0.3, 0.4) is 0 Å². The van der Waals surface area contributed by atoms with Gasteiger partial charge >= 0.3 is 0 Å². The van der Waals surface area contributed by atoms with Crippen molar-refractivity contribution in [3.8, 4) is 11.3 Å². The van der Waals surface area contributed by atoms with Crippen molar-refractivity contribution >= 4 is 11.7 Å². The first kappa shape index (κ1) is 19.3. The Hall–Kier alpha value is -2.43. The largest absolute Gasteiger partial charge is 0.367 e. The van der Waals surface area contributed by atoms with Crippen molar-refractivity contribution in [1.29, 1.82) is 0 Å². The molecule has 3 rings (SSSR count).